The number of fused-ring (bicyclic) bond motifs is 1. The molecular formula is C15H17N3OS2. The summed E-state index contributed by atoms with van der Waals surface area (Å²) in [5, 5.41) is 4.35. The number of aromatic nitrogens is 2. The zero-order chi connectivity index (χ0) is 14.8. The van der Waals surface area contributed by atoms with Gasteiger partial charge in [0.25, 0.3) is 0 Å². The summed E-state index contributed by atoms with van der Waals surface area (Å²) in [5.74, 6) is 4.39. The van der Waals surface area contributed by atoms with E-state index >= 15 is 0 Å². The van der Waals surface area contributed by atoms with Gasteiger partial charge in [-0.15, -0.1) is 23.1 Å². The third-order valence-electron chi connectivity index (χ3n) is 3.37. The van der Waals surface area contributed by atoms with E-state index in [-0.39, 0.29) is 0 Å². The standard InChI is InChI=1S/C15H17N3OS2/c1-9-10(2)21-15-13(9)14(16-3)17-12(18-15)8-20-7-11-5-4-6-19-11/h4-6H,7-8H2,1-3H3,(H,16,17,18). The van der Waals surface area contributed by atoms with Gasteiger partial charge < -0.3 is 9.73 Å². The molecule has 0 aromatic carbocycles. The van der Waals surface area contributed by atoms with Gasteiger partial charge in [-0.25, -0.2) is 9.97 Å². The molecule has 0 spiro atoms. The predicted octanol–water partition coefficient (Wildman–Crippen LogP) is 4.38. The molecule has 110 valence electrons. The van der Waals surface area contributed by atoms with Gasteiger partial charge in [-0.3, -0.25) is 0 Å². The lowest BCUT2D eigenvalue weighted by Crippen LogP contribution is -2.00. The highest BCUT2D eigenvalue weighted by Gasteiger charge is 2.13. The first-order chi connectivity index (χ1) is 10.2. The monoisotopic (exact) mass is 319 g/mol. The number of nitrogens with one attached hydrogen (secondary N) is 1. The highest BCUT2D eigenvalue weighted by molar-refractivity contribution is 7.97. The molecule has 0 aliphatic carbocycles. The van der Waals surface area contributed by atoms with Crippen LogP contribution in [0.4, 0.5) is 5.82 Å². The van der Waals surface area contributed by atoms with E-state index in [9.17, 15) is 0 Å². The van der Waals surface area contributed by atoms with Gasteiger partial charge in [-0.05, 0) is 31.5 Å². The fourth-order valence-electron chi connectivity index (χ4n) is 2.18. The van der Waals surface area contributed by atoms with Gasteiger partial charge >= 0.3 is 0 Å². The van der Waals surface area contributed by atoms with Gasteiger partial charge in [0.2, 0.25) is 0 Å². The fraction of sp³-hybridized carbons (Fsp3) is 0.333. The Morgan fingerprint density at radius 1 is 1.29 bits per heavy atom. The molecule has 0 saturated heterocycles. The molecule has 0 bridgehead atoms. The zero-order valence-corrected chi connectivity index (χ0v) is 13.9. The average Bonchev–Trinajstić information content (AvgIpc) is 3.08. The van der Waals surface area contributed by atoms with E-state index in [2.05, 4.69) is 24.1 Å². The maximum Gasteiger partial charge on any atom is 0.142 e. The molecule has 6 heteroatoms. The molecule has 0 aliphatic rings. The maximum absolute atomic E-state index is 5.33. The Balaban J connectivity index is 1.82. The van der Waals surface area contributed by atoms with Crippen LogP contribution in [-0.4, -0.2) is 17.0 Å². The maximum atomic E-state index is 5.33. The molecule has 21 heavy (non-hydrogen) atoms. The second-order valence-corrected chi connectivity index (χ2v) is 6.96. The molecule has 3 rings (SSSR count). The van der Waals surface area contributed by atoms with E-state index in [0.717, 1.165) is 39.1 Å². The molecule has 3 aromatic heterocycles. The van der Waals surface area contributed by atoms with Gasteiger partial charge in [0, 0.05) is 11.9 Å². The number of rotatable bonds is 5. The summed E-state index contributed by atoms with van der Waals surface area (Å²) in [6, 6.07) is 3.90. The molecule has 0 aliphatic heterocycles. The molecule has 1 N–H and O–H groups in total. The third-order valence-corrected chi connectivity index (χ3v) is 5.42. The molecule has 0 unspecified atom stereocenters. The van der Waals surface area contributed by atoms with Crippen molar-refractivity contribution < 1.29 is 4.42 Å². The molecule has 3 aromatic rings. The summed E-state index contributed by atoms with van der Waals surface area (Å²) < 4.78 is 5.33. The van der Waals surface area contributed by atoms with Gasteiger partial charge in [0.05, 0.1) is 23.2 Å². The molecular weight excluding hydrogens is 302 g/mol. The minimum absolute atomic E-state index is 0.779. The second kappa shape index (κ2) is 6.07. The topological polar surface area (TPSA) is 51.0 Å². The van der Waals surface area contributed by atoms with E-state index < -0.39 is 0 Å². The SMILES string of the molecule is CNc1nc(CSCc2ccco2)nc2sc(C)c(C)c12. The third kappa shape index (κ3) is 2.91. The van der Waals surface area contributed by atoms with Crippen LogP contribution < -0.4 is 5.32 Å². The summed E-state index contributed by atoms with van der Waals surface area (Å²) in [7, 11) is 1.91. The van der Waals surface area contributed by atoms with Crippen LogP contribution in [0.25, 0.3) is 10.2 Å². The summed E-state index contributed by atoms with van der Waals surface area (Å²) >= 11 is 3.50. The van der Waals surface area contributed by atoms with Crippen LogP contribution in [0.3, 0.4) is 0 Å². The highest BCUT2D eigenvalue weighted by Crippen LogP contribution is 2.33. The van der Waals surface area contributed by atoms with Gasteiger partial charge in [-0.2, -0.15) is 0 Å². The summed E-state index contributed by atoms with van der Waals surface area (Å²) in [5.41, 5.74) is 1.27. The van der Waals surface area contributed by atoms with Crippen molar-refractivity contribution in [3.63, 3.8) is 0 Å². The van der Waals surface area contributed by atoms with E-state index in [1.165, 1.54) is 10.4 Å². The van der Waals surface area contributed by atoms with Crippen molar-refractivity contribution >= 4 is 39.1 Å². The van der Waals surface area contributed by atoms with E-state index in [1.54, 1.807) is 29.4 Å². The molecule has 0 amide bonds. The van der Waals surface area contributed by atoms with Crippen molar-refractivity contribution in [2.24, 2.45) is 0 Å². The Morgan fingerprint density at radius 3 is 2.86 bits per heavy atom. The second-order valence-electron chi connectivity index (χ2n) is 4.77. The molecule has 3 heterocycles. The number of anilines is 1. The van der Waals surface area contributed by atoms with Crippen LogP contribution in [0.5, 0.6) is 0 Å². The van der Waals surface area contributed by atoms with Crippen molar-refractivity contribution in [1.82, 2.24) is 9.97 Å². The molecule has 0 saturated carbocycles. The van der Waals surface area contributed by atoms with E-state index in [1.807, 2.05) is 19.2 Å². The lowest BCUT2D eigenvalue weighted by molar-refractivity contribution is 0.530. The molecule has 4 nitrogen and oxygen atoms in total. The smallest absolute Gasteiger partial charge is 0.142 e. The summed E-state index contributed by atoms with van der Waals surface area (Å²) in [6.07, 6.45) is 1.70. The Bertz CT molecular complexity index is 750. The van der Waals surface area contributed by atoms with Crippen molar-refractivity contribution in [1.29, 1.82) is 0 Å². The van der Waals surface area contributed by atoms with Gasteiger partial charge in [0.15, 0.2) is 0 Å². The number of hydrogen-bond donors (Lipinski definition) is 1. The highest BCUT2D eigenvalue weighted by atomic mass is 32.2. The number of thioether (sulfide) groups is 1. The van der Waals surface area contributed by atoms with E-state index in [0.29, 0.717) is 0 Å². The number of aryl methyl sites for hydroxylation is 2. The zero-order valence-electron chi connectivity index (χ0n) is 12.3. The van der Waals surface area contributed by atoms with Crippen LogP contribution in [0.1, 0.15) is 22.0 Å². The Morgan fingerprint density at radius 2 is 2.14 bits per heavy atom. The first-order valence-electron chi connectivity index (χ1n) is 6.73. The van der Waals surface area contributed by atoms with Crippen LogP contribution in [0, 0.1) is 13.8 Å². The Hall–Kier alpha value is -1.53. The van der Waals surface area contributed by atoms with Crippen LogP contribution >= 0.6 is 23.1 Å². The molecule has 0 radical (unpaired) electrons. The summed E-state index contributed by atoms with van der Waals surface area (Å²) in [6.45, 7) is 4.26. The van der Waals surface area contributed by atoms with Crippen LogP contribution in [-0.2, 0) is 11.5 Å². The first-order valence-corrected chi connectivity index (χ1v) is 8.70. The van der Waals surface area contributed by atoms with Crippen molar-refractivity contribution in [2.45, 2.75) is 25.4 Å². The van der Waals surface area contributed by atoms with Gasteiger partial charge in [-0.1, -0.05) is 0 Å². The number of thiophene rings is 1. The van der Waals surface area contributed by atoms with Crippen molar-refractivity contribution in [2.75, 3.05) is 12.4 Å². The normalized spacial score (nSPS) is 11.2. The number of hydrogen-bond acceptors (Lipinski definition) is 6. The largest absolute Gasteiger partial charge is 0.468 e. The van der Waals surface area contributed by atoms with Crippen molar-refractivity contribution in [3.05, 3.63) is 40.4 Å². The predicted molar refractivity (Wildman–Crippen MR) is 90.1 cm³/mol. The summed E-state index contributed by atoms with van der Waals surface area (Å²) in [4.78, 5) is 11.7. The van der Waals surface area contributed by atoms with Crippen LogP contribution in [0.15, 0.2) is 22.8 Å². The lowest BCUT2D eigenvalue weighted by atomic mass is 10.2. The molecule has 0 fully saturated rings. The quantitative estimate of drug-likeness (QED) is 0.756. The number of nitrogens with zero attached hydrogens (tertiary/aromatic N) is 2. The van der Waals surface area contributed by atoms with Crippen molar-refractivity contribution in [3.8, 4) is 0 Å². The fourth-order valence-corrected chi connectivity index (χ4v) is 4.00. The minimum Gasteiger partial charge on any atom is -0.468 e. The Kier molecular flexibility index (Phi) is 4.17. The first kappa shape index (κ1) is 14.4. The van der Waals surface area contributed by atoms with E-state index in [4.69, 9.17) is 9.40 Å². The van der Waals surface area contributed by atoms with Crippen LogP contribution in [0.2, 0.25) is 0 Å². The number of furan rings is 1. The Labute approximate surface area is 132 Å². The minimum atomic E-state index is 0.779. The lowest BCUT2D eigenvalue weighted by Gasteiger charge is -2.06. The average molecular weight is 319 g/mol. The molecule has 0 atom stereocenters. The van der Waals surface area contributed by atoms with Gasteiger partial charge in [0.1, 0.15) is 22.2 Å².